The lowest BCUT2D eigenvalue weighted by molar-refractivity contribution is -0.385. The van der Waals surface area contributed by atoms with Gasteiger partial charge in [-0.1, -0.05) is 12.1 Å². The summed E-state index contributed by atoms with van der Waals surface area (Å²) in [5.41, 5.74) is -0.262. The fraction of sp³-hybridized carbons (Fsp3) is 0.500. The van der Waals surface area contributed by atoms with Crippen molar-refractivity contribution in [1.82, 2.24) is 0 Å². The number of phenols is 1. The summed E-state index contributed by atoms with van der Waals surface area (Å²) < 4.78 is 4.58. The second kappa shape index (κ2) is 7.98. The summed E-state index contributed by atoms with van der Waals surface area (Å²) in [7, 11) is 0. The first-order valence-electron chi connectivity index (χ1n) is 6.20. The molecule has 6 N–H and O–H groups in total. The minimum Gasteiger partial charge on any atom is -0.502 e. The van der Waals surface area contributed by atoms with Gasteiger partial charge in [-0.3, -0.25) is 10.1 Å². The highest BCUT2D eigenvalue weighted by Crippen LogP contribution is 2.23. The van der Waals surface area contributed by atoms with Crippen molar-refractivity contribution < 1.29 is 40.3 Å². The second-order valence-corrected chi connectivity index (χ2v) is 4.47. The lowest BCUT2D eigenvalue weighted by atomic mass is 10.00. The zero-order chi connectivity index (χ0) is 16.9. The van der Waals surface area contributed by atoms with Crippen LogP contribution in [0.15, 0.2) is 24.3 Å². The van der Waals surface area contributed by atoms with E-state index >= 15 is 0 Å². The van der Waals surface area contributed by atoms with Crippen LogP contribution in [0.25, 0.3) is 0 Å². The quantitative estimate of drug-likeness (QED) is 0.268. The normalized spacial score (nSPS) is 31.0. The Balaban J connectivity index is 0.000000224. The Kier molecular flexibility index (Phi) is 6.61. The standard InChI is InChI=1S/C6H5NO3.C6H12O6/c8-6-4-2-1-3-5(6)7(9)10;7-1-2-3(8)4(9)5(10)6(11)12-2/h1-4,8H;2-11H,1H2/t;2-,3+,4+,5-,6+/m.1/s1. The number of benzene rings is 1. The van der Waals surface area contributed by atoms with Gasteiger partial charge < -0.3 is 35.4 Å². The van der Waals surface area contributed by atoms with Crippen molar-refractivity contribution in [3.8, 4) is 5.75 Å². The maximum absolute atomic E-state index is 10.1. The summed E-state index contributed by atoms with van der Waals surface area (Å²) in [6.07, 6.45) is -7.04. The molecule has 0 amide bonds. The lowest BCUT2D eigenvalue weighted by Crippen LogP contribution is -2.58. The zero-order valence-corrected chi connectivity index (χ0v) is 11.3. The molecule has 1 aliphatic rings. The molecule has 0 spiro atoms. The number of hydrogen-bond acceptors (Lipinski definition) is 9. The number of hydrogen-bond donors (Lipinski definition) is 6. The van der Waals surface area contributed by atoms with E-state index in [0.717, 1.165) is 0 Å². The zero-order valence-electron chi connectivity index (χ0n) is 11.3. The number of nitro groups is 1. The molecule has 0 aliphatic carbocycles. The van der Waals surface area contributed by atoms with E-state index in [1.807, 2.05) is 0 Å². The van der Waals surface area contributed by atoms with E-state index in [2.05, 4.69) is 4.74 Å². The van der Waals surface area contributed by atoms with Crippen molar-refractivity contribution in [1.29, 1.82) is 0 Å². The topological polar surface area (TPSA) is 174 Å². The van der Waals surface area contributed by atoms with Gasteiger partial charge in [-0.2, -0.15) is 0 Å². The van der Waals surface area contributed by atoms with Crippen LogP contribution in [0.1, 0.15) is 0 Å². The molecule has 1 aromatic carbocycles. The number of rotatable bonds is 2. The molecule has 22 heavy (non-hydrogen) atoms. The third-order valence-electron chi connectivity index (χ3n) is 2.95. The van der Waals surface area contributed by atoms with Crippen LogP contribution >= 0.6 is 0 Å². The van der Waals surface area contributed by atoms with Crippen molar-refractivity contribution >= 4 is 5.69 Å². The van der Waals surface area contributed by atoms with E-state index in [9.17, 15) is 10.1 Å². The summed E-state index contributed by atoms with van der Waals surface area (Å²) in [5, 5.41) is 63.6. The van der Waals surface area contributed by atoms with Gasteiger partial charge in [0.1, 0.15) is 24.4 Å². The molecule has 0 radical (unpaired) electrons. The molecule has 10 nitrogen and oxygen atoms in total. The van der Waals surface area contributed by atoms with E-state index in [-0.39, 0.29) is 11.4 Å². The maximum Gasteiger partial charge on any atom is 0.310 e. The molecule has 2 rings (SSSR count). The van der Waals surface area contributed by atoms with Crippen LogP contribution in [-0.4, -0.2) is 72.9 Å². The van der Waals surface area contributed by atoms with E-state index in [1.54, 1.807) is 0 Å². The average Bonchev–Trinajstić information content (AvgIpc) is 2.49. The third-order valence-corrected chi connectivity index (χ3v) is 2.95. The van der Waals surface area contributed by atoms with Crippen LogP contribution in [0.4, 0.5) is 5.69 Å². The third kappa shape index (κ3) is 4.34. The van der Waals surface area contributed by atoms with Crippen LogP contribution in [0.3, 0.4) is 0 Å². The Morgan fingerprint density at radius 2 is 1.68 bits per heavy atom. The SMILES string of the molecule is O=[N+]([O-])c1ccccc1O.OC[C@H]1O[C@H](O)[C@H](O)[C@@H](O)[C@H]1O. The second-order valence-electron chi connectivity index (χ2n) is 4.47. The van der Waals surface area contributed by atoms with Crippen LogP contribution < -0.4 is 0 Å². The summed E-state index contributed by atoms with van der Waals surface area (Å²) in [4.78, 5) is 9.44. The van der Waals surface area contributed by atoms with E-state index in [4.69, 9.17) is 30.6 Å². The molecule has 0 bridgehead atoms. The fourth-order valence-electron chi connectivity index (χ4n) is 1.70. The maximum atomic E-state index is 10.1. The van der Waals surface area contributed by atoms with Gasteiger partial charge in [0.25, 0.3) is 0 Å². The molecule has 1 fully saturated rings. The predicted octanol–water partition coefficient (Wildman–Crippen LogP) is -1.92. The monoisotopic (exact) mass is 319 g/mol. The van der Waals surface area contributed by atoms with Crippen molar-refractivity contribution in [2.24, 2.45) is 0 Å². The summed E-state index contributed by atoms with van der Waals surface area (Å²) in [6.45, 7) is -0.526. The van der Waals surface area contributed by atoms with Crippen LogP contribution in [-0.2, 0) is 4.74 Å². The minimum atomic E-state index is -1.57. The number of ether oxygens (including phenoxy) is 1. The highest BCUT2D eigenvalue weighted by Gasteiger charge is 2.42. The Morgan fingerprint density at radius 3 is 2.14 bits per heavy atom. The highest BCUT2D eigenvalue weighted by atomic mass is 16.6. The number of para-hydroxylation sites is 2. The Morgan fingerprint density at radius 1 is 1.09 bits per heavy atom. The van der Waals surface area contributed by atoms with E-state index in [0.29, 0.717) is 0 Å². The Bertz CT molecular complexity index is 492. The largest absolute Gasteiger partial charge is 0.502 e. The first kappa shape index (κ1) is 18.2. The number of nitro benzene ring substituents is 1. The van der Waals surface area contributed by atoms with Gasteiger partial charge in [0.05, 0.1) is 11.5 Å². The Labute approximate surface area is 124 Å². The molecule has 1 heterocycles. The van der Waals surface area contributed by atoms with Gasteiger partial charge in [0, 0.05) is 6.07 Å². The van der Waals surface area contributed by atoms with Crippen molar-refractivity contribution in [3.63, 3.8) is 0 Å². The van der Waals surface area contributed by atoms with Gasteiger partial charge in [-0.25, -0.2) is 0 Å². The Hall–Kier alpha value is -1.82. The van der Waals surface area contributed by atoms with Crippen LogP contribution in [0.5, 0.6) is 5.75 Å². The number of aliphatic hydroxyl groups is 5. The van der Waals surface area contributed by atoms with Crippen molar-refractivity contribution in [2.75, 3.05) is 6.61 Å². The molecule has 1 saturated heterocycles. The summed E-state index contributed by atoms with van der Waals surface area (Å²) >= 11 is 0. The molecular weight excluding hydrogens is 302 g/mol. The molecule has 0 saturated carbocycles. The van der Waals surface area contributed by atoms with E-state index in [1.165, 1.54) is 24.3 Å². The number of aromatic hydroxyl groups is 1. The molecule has 0 aromatic heterocycles. The summed E-state index contributed by atoms with van der Waals surface area (Å²) in [5.74, 6) is -0.299. The van der Waals surface area contributed by atoms with Gasteiger partial charge in [-0.05, 0) is 6.07 Å². The first-order chi connectivity index (χ1) is 10.3. The van der Waals surface area contributed by atoms with E-state index < -0.39 is 42.2 Å². The minimum absolute atomic E-state index is 0.262. The molecular formula is C12H17NO9. The van der Waals surface area contributed by atoms with Gasteiger partial charge >= 0.3 is 5.69 Å². The van der Waals surface area contributed by atoms with Gasteiger partial charge in [0.15, 0.2) is 12.0 Å². The smallest absolute Gasteiger partial charge is 0.310 e. The van der Waals surface area contributed by atoms with Crippen LogP contribution in [0.2, 0.25) is 0 Å². The fourth-order valence-corrected chi connectivity index (χ4v) is 1.70. The molecule has 1 aromatic rings. The van der Waals surface area contributed by atoms with Gasteiger partial charge in [-0.15, -0.1) is 0 Å². The van der Waals surface area contributed by atoms with Crippen LogP contribution in [0, 0.1) is 10.1 Å². The predicted molar refractivity (Wildman–Crippen MR) is 70.7 cm³/mol. The summed E-state index contributed by atoms with van der Waals surface area (Å²) in [6, 6.07) is 5.55. The first-order valence-corrected chi connectivity index (χ1v) is 6.20. The van der Waals surface area contributed by atoms with Crippen molar-refractivity contribution in [2.45, 2.75) is 30.7 Å². The van der Waals surface area contributed by atoms with Gasteiger partial charge in [0.2, 0.25) is 0 Å². The highest BCUT2D eigenvalue weighted by molar-refractivity contribution is 5.44. The lowest BCUT2D eigenvalue weighted by Gasteiger charge is -2.37. The molecule has 10 heteroatoms. The number of nitrogens with zero attached hydrogens (tertiary/aromatic N) is 1. The molecule has 5 atom stereocenters. The molecule has 1 aliphatic heterocycles. The molecule has 124 valence electrons. The molecule has 0 unspecified atom stereocenters. The number of phenolic OH excluding ortho intramolecular Hbond substituents is 1. The van der Waals surface area contributed by atoms with Crippen molar-refractivity contribution in [3.05, 3.63) is 34.4 Å². The average molecular weight is 319 g/mol. The number of aliphatic hydroxyl groups excluding tert-OH is 5.